The molecular formula is C12H17N3. The molecule has 1 aromatic heterocycles. The van der Waals surface area contributed by atoms with E-state index in [9.17, 15) is 0 Å². The number of rotatable bonds is 6. The lowest BCUT2D eigenvalue weighted by molar-refractivity contribution is 0.475. The highest BCUT2D eigenvalue weighted by Gasteiger charge is 2.07. The fourth-order valence-corrected chi connectivity index (χ4v) is 1.47. The molecule has 0 spiro atoms. The molecule has 0 fully saturated rings. The van der Waals surface area contributed by atoms with E-state index in [-0.39, 0.29) is 6.04 Å². The number of aromatic nitrogens is 1. The van der Waals surface area contributed by atoms with E-state index < -0.39 is 0 Å². The highest BCUT2D eigenvalue weighted by Crippen LogP contribution is 2.05. The quantitative estimate of drug-likeness (QED) is 0.317. The van der Waals surface area contributed by atoms with Crippen LogP contribution in [0.4, 0.5) is 0 Å². The van der Waals surface area contributed by atoms with Crippen molar-refractivity contribution in [2.45, 2.75) is 31.7 Å². The summed E-state index contributed by atoms with van der Waals surface area (Å²) in [6.45, 7) is 0. The predicted molar refractivity (Wildman–Crippen MR) is 61.7 cm³/mol. The van der Waals surface area contributed by atoms with Gasteiger partial charge >= 0.3 is 0 Å². The molecule has 3 N–H and O–H groups in total. The number of unbranched alkanes of at least 4 members (excludes halogenated alkanes) is 1. The first-order valence-electron chi connectivity index (χ1n) is 5.16. The van der Waals surface area contributed by atoms with Crippen LogP contribution >= 0.6 is 0 Å². The molecule has 3 nitrogen and oxygen atoms in total. The second kappa shape index (κ2) is 6.99. The molecule has 0 saturated carbocycles. The van der Waals surface area contributed by atoms with Crippen LogP contribution in [0.2, 0.25) is 0 Å². The van der Waals surface area contributed by atoms with Gasteiger partial charge in [0.1, 0.15) is 0 Å². The van der Waals surface area contributed by atoms with Crippen LogP contribution in [0.25, 0.3) is 0 Å². The molecule has 0 radical (unpaired) electrons. The fourth-order valence-electron chi connectivity index (χ4n) is 1.47. The molecule has 0 aliphatic carbocycles. The Bertz CT molecular complexity index is 302. The van der Waals surface area contributed by atoms with Crippen LogP contribution in [0.5, 0.6) is 0 Å². The van der Waals surface area contributed by atoms with Crippen molar-refractivity contribution in [1.29, 1.82) is 0 Å². The highest BCUT2D eigenvalue weighted by molar-refractivity contribution is 5.05. The zero-order valence-electron chi connectivity index (χ0n) is 8.82. The van der Waals surface area contributed by atoms with E-state index in [1.807, 2.05) is 18.2 Å². The first kappa shape index (κ1) is 11.7. The number of terminal acetylenes is 1. The van der Waals surface area contributed by atoms with Crippen molar-refractivity contribution in [3.05, 3.63) is 30.1 Å². The molecule has 0 aliphatic heterocycles. The Kier molecular flexibility index (Phi) is 5.46. The minimum Gasteiger partial charge on any atom is -0.271 e. The van der Waals surface area contributed by atoms with Gasteiger partial charge in [-0.05, 0) is 25.0 Å². The average Bonchev–Trinajstić information content (AvgIpc) is 2.29. The molecule has 1 rings (SSSR count). The van der Waals surface area contributed by atoms with Gasteiger partial charge in [0.05, 0.1) is 0 Å². The molecule has 0 aromatic carbocycles. The molecule has 1 atom stereocenters. The Morgan fingerprint density at radius 1 is 1.53 bits per heavy atom. The number of nitrogens with two attached hydrogens (primary N) is 1. The van der Waals surface area contributed by atoms with Crippen LogP contribution in [0.15, 0.2) is 24.4 Å². The van der Waals surface area contributed by atoms with Crippen molar-refractivity contribution in [3.63, 3.8) is 0 Å². The normalized spacial score (nSPS) is 12.0. The van der Waals surface area contributed by atoms with Gasteiger partial charge in [0.15, 0.2) is 0 Å². The lowest BCUT2D eigenvalue weighted by Crippen LogP contribution is -2.36. The third-order valence-electron chi connectivity index (χ3n) is 2.29. The van der Waals surface area contributed by atoms with Crippen LogP contribution in [0.3, 0.4) is 0 Å². The zero-order valence-corrected chi connectivity index (χ0v) is 8.82. The van der Waals surface area contributed by atoms with Crippen LogP contribution in [-0.2, 0) is 6.42 Å². The molecule has 1 aromatic rings. The third kappa shape index (κ3) is 4.59. The summed E-state index contributed by atoms with van der Waals surface area (Å²) in [5, 5.41) is 0. The first-order chi connectivity index (χ1) is 7.36. The SMILES string of the molecule is C#CCCCC(Cc1ccccn1)NN. The van der Waals surface area contributed by atoms with E-state index in [1.165, 1.54) is 0 Å². The summed E-state index contributed by atoms with van der Waals surface area (Å²) >= 11 is 0. The zero-order chi connectivity index (χ0) is 10.9. The number of nitrogens with one attached hydrogen (secondary N) is 1. The molecule has 0 bridgehead atoms. The number of hydrogen-bond acceptors (Lipinski definition) is 3. The van der Waals surface area contributed by atoms with Gasteiger partial charge < -0.3 is 0 Å². The van der Waals surface area contributed by atoms with Crippen molar-refractivity contribution >= 4 is 0 Å². The molecule has 3 heteroatoms. The number of hydrogen-bond donors (Lipinski definition) is 2. The van der Waals surface area contributed by atoms with Gasteiger partial charge in [-0.15, -0.1) is 12.3 Å². The van der Waals surface area contributed by atoms with Crippen LogP contribution in [0.1, 0.15) is 25.0 Å². The van der Waals surface area contributed by atoms with E-state index in [0.29, 0.717) is 0 Å². The maximum atomic E-state index is 5.47. The molecule has 0 saturated heterocycles. The largest absolute Gasteiger partial charge is 0.271 e. The van der Waals surface area contributed by atoms with E-state index in [4.69, 9.17) is 12.3 Å². The minimum atomic E-state index is 0.258. The van der Waals surface area contributed by atoms with E-state index >= 15 is 0 Å². The highest BCUT2D eigenvalue weighted by atomic mass is 15.2. The number of pyridine rings is 1. The molecule has 15 heavy (non-hydrogen) atoms. The lowest BCUT2D eigenvalue weighted by Gasteiger charge is -2.14. The van der Waals surface area contributed by atoms with Crippen molar-refractivity contribution in [1.82, 2.24) is 10.4 Å². The Morgan fingerprint density at radius 3 is 3.00 bits per heavy atom. The summed E-state index contributed by atoms with van der Waals surface area (Å²) in [6.07, 6.45) is 10.6. The summed E-state index contributed by atoms with van der Waals surface area (Å²) in [7, 11) is 0. The third-order valence-corrected chi connectivity index (χ3v) is 2.29. The van der Waals surface area contributed by atoms with Gasteiger partial charge in [-0.3, -0.25) is 16.3 Å². The van der Waals surface area contributed by atoms with E-state index in [1.54, 1.807) is 6.20 Å². The first-order valence-corrected chi connectivity index (χ1v) is 5.16. The maximum Gasteiger partial charge on any atom is 0.0419 e. The predicted octanol–water partition coefficient (Wildman–Crippen LogP) is 1.26. The van der Waals surface area contributed by atoms with Crippen molar-refractivity contribution in [2.24, 2.45) is 5.84 Å². The lowest BCUT2D eigenvalue weighted by atomic mass is 10.0. The van der Waals surface area contributed by atoms with Crippen LogP contribution in [-0.4, -0.2) is 11.0 Å². The molecule has 80 valence electrons. The Labute approximate surface area is 91.1 Å². The summed E-state index contributed by atoms with van der Waals surface area (Å²) in [5.74, 6) is 8.10. The maximum absolute atomic E-state index is 5.47. The van der Waals surface area contributed by atoms with Gasteiger partial charge in [0.2, 0.25) is 0 Å². The summed E-state index contributed by atoms with van der Waals surface area (Å²) in [4.78, 5) is 4.26. The molecule has 0 aliphatic rings. The summed E-state index contributed by atoms with van der Waals surface area (Å²) < 4.78 is 0. The molecule has 1 unspecified atom stereocenters. The van der Waals surface area contributed by atoms with Crippen molar-refractivity contribution < 1.29 is 0 Å². The average molecular weight is 203 g/mol. The van der Waals surface area contributed by atoms with E-state index in [0.717, 1.165) is 31.4 Å². The Balaban J connectivity index is 2.37. The van der Waals surface area contributed by atoms with Crippen molar-refractivity contribution in [2.75, 3.05) is 0 Å². The Morgan fingerprint density at radius 2 is 2.40 bits per heavy atom. The fraction of sp³-hybridized carbons (Fsp3) is 0.417. The molecular weight excluding hydrogens is 186 g/mol. The van der Waals surface area contributed by atoms with Crippen LogP contribution in [0, 0.1) is 12.3 Å². The molecule has 1 heterocycles. The Hall–Kier alpha value is -1.37. The van der Waals surface area contributed by atoms with Gasteiger partial charge in [0, 0.05) is 30.8 Å². The second-order valence-electron chi connectivity index (χ2n) is 3.49. The number of nitrogens with zero attached hydrogens (tertiary/aromatic N) is 1. The van der Waals surface area contributed by atoms with Gasteiger partial charge in [-0.2, -0.15) is 0 Å². The summed E-state index contributed by atoms with van der Waals surface area (Å²) in [5.41, 5.74) is 3.86. The molecule has 0 amide bonds. The van der Waals surface area contributed by atoms with E-state index in [2.05, 4.69) is 16.3 Å². The smallest absolute Gasteiger partial charge is 0.0419 e. The van der Waals surface area contributed by atoms with Gasteiger partial charge in [0.25, 0.3) is 0 Å². The van der Waals surface area contributed by atoms with Gasteiger partial charge in [-0.1, -0.05) is 6.07 Å². The van der Waals surface area contributed by atoms with Crippen molar-refractivity contribution in [3.8, 4) is 12.3 Å². The topological polar surface area (TPSA) is 50.9 Å². The van der Waals surface area contributed by atoms with Gasteiger partial charge in [-0.25, -0.2) is 0 Å². The number of hydrazine groups is 1. The summed E-state index contributed by atoms with van der Waals surface area (Å²) in [6, 6.07) is 6.16. The standard InChI is InChI=1S/C12H17N3/c1-2-3-4-8-12(15-13)10-11-7-5-6-9-14-11/h1,5-7,9,12,15H,3-4,8,10,13H2. The monoisotopic (exact) mass is 203 g/mol. The van der Waals surface area contributed by atoms with Crippen LogP contribution < -0.4 is 11.3 Å². The minimum absolute atomic E-state index is 0.258. The second-order valence-corrected chi connectivity index (χ2v) is 3.49.